The molecule has 0 heterocycles. The Labute approximate surface area is 126 Å². The van der Waals surface area contributed by atoms with Crippen molar-refractivity contribution in [3.8, 4) is 5.75 Å². The molecule has 0 aromatic heterocycles. The van der Waals surface area contributed by atoms with E-state index in [1.54, 1.807) is 25.2 Å². The molecule has 2 N–H and O–H groups in total. The highest BCUT2D eigenvalue weighted by Gasteiger charge is 2.27. The molecule has 0 aliphatic heterocycles. The van der Waals surface area contributed by atoms with Crippen LogP contribution in [0.4, 0.5) is 4.39 Å². The smallest absolute Gasteiger partial charge is 0.221 e. The zero-order valence-electron chi connectivity index (χ0n) is 13.2. The first-order valence-electron chi connectivity index (χ1n) is 7.16. The van der Waals surface area contributed by atoms with E-state index in [1.165, 1.54) is 6.07 Å². The van der Waals surface area contributed by atoms with E-state index in [0.29, 0.717) is 13.0 Å². The molecule has 1 rings (SSSR count). The summed E-state index contributed by atoms with van der Waals surface area (Å²) in [5.74, 6) is -0.232. The van der Waals surface area contributed by atoms with E-state index in [9.17, 15) is 9.18 Å². The maximum Gasteiger partial charge on any atom is 0.221 e. The summed E-state index contributed by atoms with van der Waals surface area (Å²) in [7, 11) is 1.80. The molecule has 118 valence electrons. The maximum atomic E-state index is 13.5. The number of hydrogen-bond acceptors (Lipinski definition) is 3. The molecule has 0 saturated heterocycles. The van der Waals surface area contributed by atoms with Gasteiger partial charge in [0.25, 0.3) is 0 Å². The monoisotopic (exact) mass is 296 g/mol. The van der Waals surface area contributed by atoms with E-state index in [-0.39, 0.29) is 29.7 Å². The lowest BCUT2D eigenvalue weighted by Gasteiger charge is -2.31. The summed E-state index contributed by atoms with van der Waals surface area (Å²) in [6.45, 7) is 6.90. The quantitative estimate of drug-likeness (QED) is 0.812. The van der Waals surface area contributed by atoms with Gasteiger partial charge in [0.05, 0.1) is 6.04 Å². The Morgan fingerprint density at radius 1 is 1.33 bits per heavy atom. The zero-order chi connectivity index (χ0) is 15.9. The third-order valence-corrected chi connectivity index (χ3v) is 3.22. The number of nitrogens with one attached hydrogen (secondary N) is 2. The van der Waals surface area contributed by atoms with Gasteiger partial charge in [0.2, 0.25) is 5.91 Å². The highest BCUT2D eigenvalue weighted by atomic mass is 19.1. The summed E-state index contributed by atoms with van der Waals surface area (Å²) in [5.41, 5.74) is -0.180. The van der Waals surface area contributed by atoms with Crippen LogP contribution in [-0.4, -0.2) is 32.1 Å². The van der Waals surface area contributed by atoms with Gasteiger partial charge in [-0.15, -0.1) is 0 Å². The molecule has 0 bridgehead atoms. The van der Waals surface area contributed by atoms with Crippen molar-refractivity contribution < 1.29 is 13.9 Å². The van der Waals surface area contributed by atoms with Gasteiger partial charge < -0.3 is 15.4 Å². The second kappa shape index (κ2) is 7.98. The molecule has 0 aliphatic rings. The van der Waals surface area contributed by atoms with Crippen molar-refractivity contribution in [2.75, 3.05) is 20.2 Å². The minimum Gasteiger partial charge on any atom is -0.488 e. The van der Waals surface area contributed by atoms with E-state index >= 15 is 0 Å². The van der Waals surface area contributed by atoms with Gasteiger partial charge >= 0.3 is 0 Å². The van der Waals surface area contributed by atoms with Gasteiger partial charge in [-0.25, -0.2) is 4.39 Å². The molecule has 1 unspecified atom stereocenters. The molecule has 0 radical (unpaired) electrons. The number of hydrogen-bond donors (Lipinski definition) is 2. The summed E-state index contributed by atoms with van der Waals surface area (Å²) < 4.78 is 19.1. The summed E-state index contributed by atoms with van der Waals surface area (Å²) in [6.07, 6.45) is 0.406. The van der Waals surface area contributed by atoms with Crippen LogP contribution in [0.25, 0.3) is 0 Å². The van der Waals surface area contributed by atoms with Crippen molar-refractivity contribution in [1.29, 1.82) is 0 Å². The zero-order valence-corrected chi connectivity index (χ0v) is 13.2. The lowest BCUT2D eigenvalue weighted by Crippen LogP contribution is -2.48. The van der Waals surface area contributed by atoms with E-state index < -0.39 is 5.82 Å². The Morgan fingerprint density at radius 2 is 2.00 bits per heavy atom. The van der Waals surface area contributed by atoms with E-state index in [4.69, 9.17) is 4.74 Å². The second-order valence-corrected chi connectivity index (χ2v) is 6.08. The first-order chi connectivity index (χ1) is 9.84. The fourth-order valence-electron chi connectivity index (χ4n) is 1.75. The number of halogens is 1. The van der Waals surface area contributed by atoms with Crippen LogP contribution in [0.1, 0.15) is 27.2 Å². The fraction of sp³-hybridized carbons (Fsp3) is 0.562. The standard InChI is InChI=1S/C16H25FN2O2/c1-16(2,3)14(19-15(20)9-10-18-4)11-21-13-8-6-5-7-12(13)17/h5-8,14,18H,9-11H2,1-4H3,(H,19,20). The van der Waals surface area contributed by atoms with Gasteiger partial charge in [-0.2, -0.15) is 0 Å². The SMILES string of the molecule is CNCCC(=O)NC(COc1ccccc1F)C(C)(C)C. The van der Waals surface area contributed by atoms with Crippen molar-refractivity contribution in [3.05, 3.63) is 30.1 Å². The Kier molecular flexibility index (Phi) is 6.62. The number of carbonyl (C=O) groups is 1. The van der Waals surface area contributed by atoms with Gasteiger partial charge in [-0.3, -0.25) is 4.79 Å². The molecule has 0 saturated carbocycles. The van der Waals surface area contributed by atoms with Crippen molar-refractivity contribution in [2.24, 2.45) is 5.41 Å². The van der Waals surface area contributed by atoms with E-state index in [2.05, 4.69) is 10.6 Å². The predicted molar refractivity (Wildman–Crippen MR) is 81.8 cm³/mol. The second-order valence-electron chi connectivity index (χ2n) is 6.08. The Bertz CT molecular complexity index is 458. The van der Waals surface area contributed by atoms with E-state index in [1.807, 2.05) is 20.8 Å². The maximum absolute atomic E-state index is 13.5. The lowest BCUT2D eigenvalue weighted by atomic mass is 9.87. The van der Waals surface area contributed by atoms with Crippen LogP contribution in [-0.2, 0) is 4.79 Å². The fourth-order valence-corrected chi connectivity index (χ4v) is 1.75. The number of rotatable bonds is 7. The van der Waals surface area contributed by atoms with Gasteiger partial charge in [-0.05, 0) is 24.6 Å². The molecule has 0 fully saturated rings. The minimum atomic E-state index is -0.397. The average Bonchev–Trinajstić information content (AvgIpc) is 2.41. The van der Waals surface area contributed by atoms with Crippen LogP contribution < -0.4 is 15.4 Å². The summed E-state index contributed by atoms with van der Waals surface area (Å²) in [4.78, 5) is 11.9. The number of para-hydroxylation sites is 1. The lowest BCUT2D eigenvalue weighted by molar-refractivity contribution is -0.122. The molecule has 0 aliphatic carbocycles. The predicted octanol–water partition coefficient (Wildman–Crippen LogP) is 2.34. The van der Waals surface area contributed by atoms with Crippen molar-refractivity contribution in [2.45, 2.75) is 33.2 Å². The largest absolute Gasteiger partial charge is 0.488 e. The van der Waals surface area contributed by atoms with Gasteiger partial charge in [-0.1, -0.05) is 32.9 Å². The molecule has 1 aromatic rings. The molecular formula is C16H25FN2O2. The number of amides is 1. The minimum absolute atomic E-state index is 0.0404. The topological polar surface area (TPSA) is 50.4 Å². The molecule has 5 heteroatoms. The average molecular weight is 296 g/mol. The van der Waals surface area contributed by atoms with Crippen LogP contribution in [0.2, 0.25) is 0 Å². The Hall–Kier alpha value is -1.62. The third-order valence-electron chi connectivity index (χ3n) is 3.22. The first-order valence-corrected chi connectivity index (χ1v) is 7.16. The van der Waals surface area contributed by atoms with Gasteiger partial charge in [0.1, 0.15) is 6.61 Å². The number of carbonyl (C=O) groups excluding carboxylic acids is 1. The summed E-state index contributed by atoms with van der Waals surface area (Å²) >= 11 is 0. The third kappa shape index (κ3) is 6.12. The molecule has 21 heavy (non-hydrogen) atoms. The highest BCUT2D eigenvalue weighted by molar-refractivity contribution is 5.76. The van der Waals surface area contributed by atoms with Crippen LogP contribution in [0, 0.1) is 11.2 Å². The van der Waals surface area contributed by atoms with Crippen LogP contribution in [0.3, 0.4) is 0 Å². The van der Waals surface area contributed by atoms with E-state index in [0.717, 1.165) is 0 Å². The summed E-state index contributed by atoms with van der Waals surface area (Å²) in [5, 5.41) is 5.89. The van der Waals surface area contributed by atoms with Crippen LogP contribution in [0.5, 0.6) is 5.75 Å². The molecule has 1 amide bonds. The molecule has 0 spiro atoms. The molecular weight excluding hydrogens is 271 g/mol. The first kappa shape index (κ1) is 17.4. The molecule has 1 aromatic carbocycles. The summed E-state index contributed by atoms with van der Waals surface area (Å²) in [6, 6.07) is 6.07. The normalized spacial score (nSPS) is 12.8. The van der Waals surface area contributed by atoms with Gasteiger partial charge in [0.15, 0.2) is 11.6 Å². The Balaban J connectivity index is 2.63. The van der Waals surface area contributed by atoms with Crippen molar-refractivity contribution in [3.63, 3.8) is 0 Å². The molecule has 4 nitrogen and oxygen atoms in total. The molecule has 1 atom stereocenters. The van der Waals surface area contributed by atoms with Crippen LogP contribution in [0.15, 0.2) is 24.3 Å². The Morgan fingerprint density at radius 3 is 2.57 bits per heavy atom. The van der Waals surface area contributed by atoms with Crippen LogP contribution >= 0.6 is 0 Å². The number of ether oxygens (including phenoxy) is 1. The number of benzene rings is 1. The highest BCUT2D eigenvalue weighted by Crippen LogP contribution is 2.22. The van der Waals surface area contributed by atoms with Crippen molar-refractivity contribution in [1.82, 2.24) is 10.6 Å². The van der Waals surface area contributed by atoms with Gasteiger partial charge in [0, 0.05) is 13.0 Å². The van der Waals surface area contributed by atoms with Crippen molar-refractivity contribution >= 4 is 5.91 Å².